The molecule has 1 aliphatic heterocycles. The second-order valence-corrected chi connectivity index (χ2v) is 6.35. The summed E-state index contributed by atoms with van der Waals surface area (Å²) >= 11 is 1.68. The molecule has 0 aromatic carbocycles. The Morgan fingerprint density at radius 3 is 2.90 bits per heavy atom. The van der Waals surface area contributed by atoms with E-state index in [2.05, 4.69) is 49.0 Å². The number of hydrogen-bond acceptors (Lipinski definition) is 4. The lowest BCUT2D eigenvalue weighted by Crippen LogP contribution is -2.33. The van der Waals surface area contributed by atoms with Gasteiger partial charge < -0.3 is 4.40 Å². The molecule has 0 N–H and O–H groups in total. The molecule has 3 aromatic rings. The van der Waals surface area contributed by atoms with Crippen molar-refractivity contribution in [1.29, 1.82) is 0 Å². The topological polar surface area (TPSA) is 33.4 Å². The van der Waals surface area contributed by atoms with Crippen molar-refractivity contribution in [3.05, 3.63) is 52.9 Å². The smallest absolute Gasteiger partial charge is 0.136 e. The number of thiazole rings is 1. The summed E-state index contributed by atoms with van der Waals surface area (Å²) in [4.78, 5) is 11.3. The normalized spacial score (nSPS) is 17.5. The Morgan fingerprint density at radius 2 is 2.10 bits per heavy atom. The molecule has 0 radical (unpaired) electrons. The van der Waals surface area contributed by atoms with Crippen LogP contribution < -0.4 is 0 Å². The SMILES string of the molecule is c1cc(C2CCN(Cc3cscn3)CC2)n2ccnc2c1. The van der Waals surface area contributed by atoms with E-state index in [1.165, 1.54) is 24.2 Å². The number of piperidine rings is 1. The van der Waals surface area contributed by atoms with Crippen molar-refractivity contribution in [3.63, 3.8) is 0 Å². The monoisotopic (exact) mass is 298 g/mol. The Bertz CT molecular complexity index is 711. The van der Waals surface area contributed by atoms with Crippen molar-refractivity contribution in [2.45, 2.75) is 25.3 Å². The first-order chi connectivity index (χ1) is 10.4. The average molecular weight is 298 g/mol. The van der Waals surface area contributed by atoms with Crippen LogP contribution in [-0.4, -0.2) is 32.4 Å². The van der Waals surface area contributed by atoms with Gasteiger partial charge in [-0.1, -0.05) is 6.07 Å². The van der Waals surface area contributed by atoms with E-state index in [4.69, 9.17) is 0 Å². The van der Waals surface area contributed by atoms with E-state index in [0.29, 0.717) is 5.92 Å². The number of aromatic nitrogens is 3. The molecule has 0 amide bonds. The lowest BCUT2D eigenvalue weighted by molar-refractivity contribution is 0.201. The molecule has 0 bridgehead atoms. The van der Waals surface area contributed by atoms with E-state index in [1.807, 2.05) is 11.7 Å². The van der Waals surface area contributed by atoms with Gasteiger partial charge in [-0.05, 0) is 38.1 Å². The van der Waals surface area contributed by atoms with Crippen LogP contribution in [0.3, 0.4) is 0 Å². The second-order valence-electron chi connectivity index (χ2n) is 5.64. The molecule has 0 unspecified atom stereocenters. The Balaban J connectivity index is 1.46. The predicted molar refractivity (Wildman–Crippen MR) is 84.6 cm³/mol. The average Bonchev–Trinajstić information content (AvgIpc) is 3.18. The third-order valence-electron chi connectivity index (χ3n) is 4.33. The van der Waals surface area contributed by atoms with Gasteiger partial charge >= 0.3 is 0 Å². The van der Waals surface area contributed by atoms with Crippen LogP contribution in [0.4, 0.5) is 0 Å². The maximum Gasteiger partial charge on any atom is 0.136 e. The predicted octanol–water partition coefficient (Wildman–Crippen LogP) is 3.17. The zero-order valence-corrected chi connectivity index (χ0v) is 12.7. The van der Waals surface area contributed by atoms with Crippen LogP contribution in [0.2, 0.25) is 0 Å². The molecule has 1 fully saturated rings. The van der Waals surface area contributed by atoms with Gasteiger partial charge in [0, 0.05) is 35.9 Å². The van der Waals surface area contributed by atoms with Crippen molar-refractivity contribution in [2.24, 2.45) is 0 Å². The minimum absolute atomic E-state index is 0.634. The first-order valence-corrected chi connectivity index (χ1v) is 8.36. The fourth-order valence-corrected chi connectivity index (χ4v) is 3.78. The van der Waals surface area contributed by atoms with Crippen molar-refractivity contribution in [1.82, 2.24) is 19.3 Å². The molecule has 4 heterocycles. The van der Waals surface area contributed by atoms with Gasteiger partial charge in [0.05, 0.1) is 11.2 Å². The molecule has 0 atom stereocenters. The number of nitrogens with zero attached hydrogens (tertiary/aromatic N) is 4. The highest BCUT2D eigenvalue weighted by Crippen LogP contribution is 2.29. The molecular weight excluding hydrogens is 280 g/mol. The van der Waals surface area contributed by atoms with Crippen molar-refractivity contribution < 1.29 is 0 Å². The molecule has 4 rings (SSSR count). The highest BCUT2D eigenvalue weighted by Gasteiger charge is 2.22. The zero-order chi connectivity index (χ0) is 14.1. The fourth-order valence-electron chi connectivity index (χ4n) is 3.23. The maximum atomic E-state index is 4.39. The third-order valence-corrected chi connectivity index (χ3v) is 4.97. The Labute approximate surface area is 128 Å². The molecule has 0 aliphatic carbocycles. The van der Waals surface area contributed by atoms with Crippen molar-refractivity contribution in [2.75, 3.05) is 13.1 Å². The lowest BCUT2D eigenvalue weighted by atomic mass is 9.92. The maximum absolute atomic E-state index is 4.39. The van der Waals surface area contributed by atoms with E-state index in [-0.39, 0.29) is 0 Å². The highest BCUT2D eigenvalue weighted by atomic mass is 32.1. The third kappa shape index (κ3) is 2.59. The minimum Gasteiger partial charge on any atom is -0.304 e. The summed E-state index contributed by atoms with van der Waals surface area (Å²) in [6.07, 6.45) is 6.38. The molecule has 21 heavy (non-hydrogen) atoms. The van der Waals surface area contributed by atoms with Crippen molar-refractivity contribution >= 4 is 17.0 Å². The molecule has 3 aromatic heterocycles. The molecular formula is C16H18N4S. The van der Waals surface area contributed by atoms with Gasteiger partial charge in [0.2, 0.25) is 0 Å². The summed E-state index contributed by atoms with van der Waals surface area (Å²) in [5, 5.41) is 2.15. The Kier molecular flexibility index (Phi) is 3.45. The highest BCUT2D eigenvalue weighted by molar-refractivity contribution is 7.07. The Morgan fingerprint density at radius 1 is 1.19 bits per heavy atom. The second kappa shape index (κ2) is 5.58. The van der Waals surface area contributed by atoms with Crippen molar-refractivity contribution in [3.8, 4) is 0 Å². The van der Waals surface area contributed by atoms with Crippen LogP contribution in [0.25, 0.3) is 5.65 Å². The minimum atomic E-state index is 0.634. The summed E-state index contributed by atoms with van der Waals surface area (Å²) in [6.45, 7) is 3.28. The Hall–Kier alpha value is -1.72. The van der Waals surface area contributed by atoms with Crippen LogP contribution in [0.1, 0.15) is 30.1 Å². The number of likely N-dealkylation sites (tertiary alicyclic amines) is 1. The number of imidazole rings is 1. The van der Waals surface area contributed by atoms with Crippen LogP contribution in [0, 0.1) is 0 Å². The van der Waals surface area contributed by atoms with E-state index >= 15 is 0 Å². The van der Waals surface area contributed by atoms with Gasteiger partial charge in [0.25, 0.3) is 0 Å². The summed E-state index contributed by atoms with van der Waals surface area (Å²) in [7, 11) is 0. The molecule has 1 aliphatic rings. The van der Waals surface area contributed by atoms with E-state index in [0.717, 1.165) is 25.3 Å². The van der Waals surface area contributed by atoms with Crippen LogP contribution in [-0.2, 0) is 6.54 Å². The number of rotatable bonds is 3. The first-order valence-electron chi connectivity index (χ1n) is 7.41. The zero-order valence-electron chi connectivity index (χ0n) is 11.9. The number of hydrogen-bond donors (Lipinski definition) is 0. The van der Waals surface area contributed by atoms with Gasteiger partial charge in [0.1, 0.15) is 5.65 Å². The molecule has 0 spiro atoms. The van der Waals surface area contributed by atoms with Gasteiger partial charge in [-0.25, -0.2) is 9.97 Å². The molecule has 1 saturated heterocycles. The largest absolute Gasteiger partial charge is 0.304 e. The first kappa shape index (κ1) is 13.0. The number of fused-ring (bicyclic) bond motifs is 1. The summed E-state index contributed by atoms with van der Waals surface area (Å²) < 4.78 is 2.24. The van der Waals surface area contributed by atoms with Gasteiger partial charge in [-0.2, -0.15) is 0 Å². The van der Waals surface area contributed by atoms with Crippen LogP contribution in [0.5, 0.6) is 0 Å². The van der Waals surface area contributed by atoms with Gasteiger partial charge in [-0.15, -0.1) is 11.3 Å². The molecule has 108 valence electrons. The van der Waals surface area contributed by atoms with E-state index in [9.17, 15) is 0 Å². The summed E-state index contributed by atoms with van der Waals surface area (Å²) in [5.41, 5.74) is 5.58. The quantitative estimate of drug-likeness (QED) is 0.744. The number of pyridine rings is 1. The van der Waals surface area contributed by atoms with Gasteiger partial charge in [0.15, 0.2) is 0 Å². The molecule has 4 nitrogen and oxygen atoms in total. The van der Waals surface area contributed by atoms with Gasteiger partial charge in [-0.3, -0.25) is 4.90 Å². The lowest BCUT2D eigenvalue weighted by Gasteiger charge is -2.31. The molecule has 5 heteroatoms. The summed E-state index contributed by atoms with van der Waals surface area (Å²) in [6, 6.07) is 6.44. The summed E-state index contributed by atoms with van der Waals surface area (Å²) in [5.74, 6) is 0.634. The fraction of sp³-hybridized carbons (Fsp3) is 0.375. The van der Waals surface area contributed by atoms with Crippen LogP contribution >= 0.6 is 11.3 Å². The van der Waals surface area contributed by atoms with Crippen LogP contribution in [0.15, 0.2) is 41.5 Å². The molecule has 0 saturated carbocycles. The standard InChI is InChI=1S/C16H18N4S/c1-2-15(20-9-6-17-16(20)3-1)13-4-7-19(8-5-13)10-14-11-21-12-18-14/h1-3,6,9,11-13H,4-5,7-8,10H2. The van der Waals surface area contributed by atoms with E-state index in [1.54, 1.807) is 11.3 Å². The van der Waals surface area contributed by atoms with E-state index < -0.39 is 0 Å².